The van der Waals surface area contributed by atoms with Crippen LogP contribution in [0.25, 0.3) is 6.08 Å². The minimum Gasteiger partial charge on any atom is -0.506 e. The van der Waals surface area contributed by atoms with E-state index in [9.17, 15) is 14.7 Å². The molecule has 1 heterocycles. The van der Waals surface area contributed by atoms with Crippen molar-refractivity contribution in [3.63, 3.8) is 0 Å². The van der Waals surface area contributed by atoms with Gasteiger partial charge in [0.25, 0.3) is 0 Å². The van der Waals surface area contributed by atoms with Crippen molar-refractivity contribution in [2.75, 3.05) is 13.7 Å². The fraction of sp³-hybridized carbons (Fsp3) is 0.138. The molecule has 4 rings (SSSR count). The Balaban J connectivity index is 1.63. The lowest BCUT2D eigenvalue weighted by Gasteiger charge is -2.13. The second-order valence-corrected chi connectivity index (χ2v) is 10.0. The van der Waals surface area contributed by atoms with E-state index in [1.807, 2.05) is 18.2 Å². The average molecular weight is 610 g/mol. The Labute approximate surface area is 237 Å². The van der Waals surface area contributed by atoms with Crippen molar-refractivity contribution in [2.24, 2.45) is 4.99 Å². The van der Waals surface area contributed by atoms with Crippen molar-refractivity contribution < 1.29 is 34.0 Å². The van der Waals surface area contributed by atoms with E-state index in [1.165, 1.54) is 19.2 Å². The van der Waals surface area contributed by atoms with Crippen LogP contribution in [0.4, 0.5) is 5.69 Å². The molecule has 39 heavy (non-hydrogen) atoms. The third-order valence-electron chi connectivity index (χ3n) is 5.52. The van der Waals surface area contributed by atoms with Gasteiger partial charge in [0.1, 0.15) is 23.0 Å². The van der Waals surface area contributed by atoms with Gasteiger partial charge in [-0.2, -0.15) is 0 Å². The highest BCUT2D eigenvalue weighted by Gasteiger charge is 2.33. The van der Waals surface area contributed by atoms with Crippen molar-refractivity contribution in [3.05, 3.63) is 104 Å². The minimum atomic E-state index is -0.994. The maximum atomic E-state index is 12.7. The maximum absolute atomic E-state index is 12.7. The van der Waals surface area contributed by atoms with E-state index in [0.29, 0.717) is 37.2 Å². The topological polar surface area (TPSA) is 115 Å². The van der Waals surface area contributed by atoms with E-state index < -0.39 is 11.9 Å². The molecule has 0 amide bonds. The van der Waals surface area contributed by atoms with Gasteiger partial charge in [0.2, 0.25) is 0 Å². The lowest BCUT2D eigenvalue weighted by Crippen LogP contribution is -2.12. The molecule has 0 bridgehead atoms. The van der Waals surface area contributed by atoms with Crippen molar-refractivity contribution >= 4 is 56.4 Å². The summed E-state index contributed by atoms with van der Waals surface area (Å²) in [5, 5.41) is 20.4. The fourth-order valence-electron chi connectivity index (χ4n) is 3.59. The van der Waals surface area contributed by atoms with Crippen molar-refractivity contribution in [1.82, 2.24) is 0 Å². The number of aliphatic imine (C=N–C) groups is 1. The normalized spacial score (nSPS) is 15.1. The SMILES string of the molecule is CCOC(=O)C1=C(O)/C(=C/c2cc(OC)c(OCc3ccc(C(=O)O)cc3)cc2Br)SC1=Nc1ccccc1. The Morgan fingerprint density at radius 3 is 2.41 bits per heavy atom. The Morgan fingerprint density at radius 1 is 1.05 bits per heavy atom. The largest absolute Gasteiger partial charge is 0.506 e. The summed E-state index contributed by atoms with van der Waals surface area (Å²) < 4.78 is 17.3. The Kier molecular flexibility index (Phi) is 9.11. The summed E-state index contributed by atoms with van der Waals surface area (Å²) in [5.41, 5.74) is 2.30. The number of rotatable bonds is 9. The number of thioether (sulfide) groups is 1. The van der Waals surface area contributed by atoms with Crippen LogP contribution in [-0.4, -0.2) is 40.9 Å². The number of carboxylic acid groups (broad SMARTS) is 1. The molecule has 0 atom stereocenters. The molecule has 1 aliphatic heterocycles. The van der Waals surface area contributed by atoms with Crippen molar-refractivity contribution in [2.45, 2.75) is 13.5 Å². The van der Waals surface area contributed by atoms with Gasteiger partial charge in [-0.1, -0.05) is 58.0 Å². The number of para-hydroxylation sites is 1. The number of carbonyl (C=O) groups excluding carboxylic acids is 1. The van der Waals surface area contributed by atoms with E-state index >= 15 is 0 Å². The van der Waals surface area contributed by atoms with Crippen molar-refractivity contribution in [1.29, 1.82) is 0 Å². The first kappa shape index (κ1) is 28.0. The summed E-state index contributed by atoms with van der Waals surface area (Å²) in [6.07, 6.45) is 1.72. The number of esters is 1. The third-order valence-corrected chi connectivity index (χ3v) is 7.23. The maximum Gasteiger partial charge on any atom is 0.344 e. The standard InChI is InChI=1S/C29H24BrNO7S/c1-3-37-29(35)25-26(32)24(39-27(25)31-20-7-5-4-6-8-20)14-19-13-22(36-2)23(15-21(19)30)38-16-17-9-11-18(12-10-17)28(33)34/h4-15,32H,3,16H2,1-2H3,(H,33,34)/b24-14-,31-27?. The van der Waals surface area contributed by atoms with Crippen LogP contribution in [-0.2, 0) is 16.1 Å². The number of nitrogens with zero attached hydrogens (tertiary/aromatic N) is 1. The van der Waals surface area contributed by atoms with E-state index in [-0.39, 0.29) is 30.1 Å². The molecular formula is C29H24BrNO7S. The zero-order valence-electron chi connectivity index (χ0n) is 21.0. The molecule has 1 aliphatic rings. The number of hydrogen-bond donors (Lipinski definition) is 2. The number of aliphatic hydroxyl groups is 1. The van der Waals surface area contributed by atoms with Crippen LogP contribution in [0.5, 0.6) is 11.5 Å². The highest BCUT2D eigenvalue weighted by molar-refractivity contribution is 9.10. The first-order valence-electron chi connectivity index (χ1n) is 11.8. The van der Waals surface area contributed by atoms with Crippen LogP contribution >= 0.6 is 27.7 Å². The third kappa shape index (κ3) is 6.71. The Bertz CT molecular complexity index is 1480. The molecule has 0 radical (unpaired) electrons. The molecule has 8 nitrogen and oxygen atoms in total. The number of benzene rings is 3. The number of aliphatic hydroxyl groups excluding tert-OH is 1. The van der Waals surface area contributed by atoms with Gasteiger partial charge in [-0.15, -0.1) is 0 Å². The second-order valence-electron chi connectivity index (χ2n) is 8.12. The van der Waals surface area contributed by atoms with Crippen LogP contribution < -0.4 is 9.47 Å². The summed E-state index contributed by atoms with van der Waals surface area (Å²) >= 11 is 4.71. The Morgan fingerprint density at radius 2 is 1.77 bits per heavy atom. The quantitative estimate of drug-likeness (QED) is 0.251. The molecule has 10 heteroatoms. The zero-order valence-corrected chi connectivity index (χ0v) is 23.4. The van der Waals surface area contributed by atoms with Gasteiger partial charge in [0, 0.05) is 4.47 Å². The monoisotopic (exact) mass is 609 g/mol. The lowest BCUT2D eigenvalue weighted by atomic mass is 10.1. The van der Waals surface area contributed by atoms with Gasteiger partial charge in [-0.3, -0.25) is 0 Å². The molecule has 0 saturated heterocycles. The number of hydrogen-bond acceptors (Lipinski definition) is 8. The van der Waals surface area contributed by atoms with Crippen molar-refractivity contribution in [3.8, 4) is 11.5 Å². The number of ether oxygens (including phenoxy) is 3. The van der Waals surface area contributed by atoms with E-state index in [1.54, 1.807) is 49.4 Å². The van der Waals surface area contributed by atoms with Crippen LogP contribution in [0.3, 0.4) is 0 Å². The summed E-state index contributed by atoms with van der Waals surface area (Å²) in [6, 6.07) is 19.0. The molecule has 0 fully saturated rings. The van der Waals surface area contributed by atoms with Gasteiger partial charge in [-0.25, -0.2) is 14.6 Å². The minimum absolute atomic E-state index is 0.00825. The number of halogens is 1. The predicted octanol–water partition coefficient (Wildman–Crippen LogP) is 6.93. The molecule has 0 aliphatic carbocycles. The molecule has 0 aromatic heterocycles. The van der Waals surface area contributed by atoms with Gasteiger partial charge < -0.3 is 24.4 Å². The first-order valence-corrected chi connectivity index (χ1v) is 13.4. The Hall–Kier alpha value is -4.02. The van der Waals surface area contributed by atoms with Gasteiger partial charge in [-0.05, 0) is 60.5 Å². The molecule has 200 valence electrons. The zero-order chi connectivity index (χ0) is 27.9. The summed E-state index contributed by atoms with van der Waals surface area (Å²) in [4.78, 5) is 28.7. The molecule has 0 saturated carbocycles. The number of methoxy groups -OCH3 is 1. The predicted molar refractivity (Wildman–Crippen MR) is 154 cm³/mol. The summed E-state index contributed by atoms with van der Waals surface area (Å²) in [7, 11) is 1.51. The molecule has 2 N–H and O–H groups in total. The second kappa shape index (κ2) is 12.7. The van der Waals surface area contributed by atoms with E-state index in [0.717, 1.165) is 17.3 Å². The molecule has 3 aromatic carbocycles. The highest BCUT2D eigenvalue weighted by atomic mass is 79.9. The average Bonchev–Trinajstić information content (AvgIpc) is 3.23. The fourth-order valence-corrected chi connectivity index (χ4v) is 5.05. The smallest absolute Gasteiger partial charge is 0.344 e. The van der Waals surface area contributed by atoms with Gasteiger partial charge in [0.05, 0.1) is 29.9 Å². The molecule has 3 aromatic rings. The number of aromatic carboxylic acids is 1. The highest BCUT2D eigenvalue weighted by Crippen LogP contribution is 2.42. The van der Waals surface area contributed by atoms with Crippen LogP contribution in [0.15, 0.2) is 92.4 Å². The summed E-state index contributed by atoms with van der Waals surface area (Å²) in [6.45, 7) is 2.05. The lowest BCUT2D eigenvalue weighted by molar-refractivity contribution is -0.138. The number of carbonyl (C=O) groups is 2. The first-order chi connectivity index (χ1) is 18.8. The van der Waals surface area contributed by atoms with E-state index in [2.05, 4.69) is 20.9 Å². The van der Waals surface area contributed by atoms with Gasteiger partial charge >= 0.3 is 11.9 Å². The summed E-state index contributed by atoms with van der Waals surface area (Å²) in [5.74, 6) is -0.956. The molecular weight excluding hydrogens is 586 g/mol. The van der Waals surface area contributed by atoms with Gasteiger partial charge in [0.15, 0.2) is 11.5 Å². The molecule has 0 spiro atoms. The van der Waals surface area contributed by atoms with Crippen LogP contribution in [0.2, 0.25) is 0 Å². The van der Waals surface area contributed by atoms with Crippen LogP contribution in [0, 0.1) is 0 Å². The molecule has 0 unspecified atom stereocenters. The van der Waals surface area contributed by atoms with E-state index in [4.69, 9.17) is 19.3 Å². The van der Waals surface area contributed by atoms with Crippen LogP contribution in [0.1, 0.15) is 28.4 Å². The number of carboxylic acids is 1.